The second-order valence-corrected chi connectivity index (χ2v) is 4.51. The van der Waals surface area contributed by atoms with Crippen LogP contribution in [0.25, 0.3) is 0 Å². The van der Waals surface area contributed by atoms with E-state index in [1.54, 1.807) is 0 Å². The van der Waals surface area contributed by atoms with Crippen LogP contribution in [-0.2, 0) is 0 Å². The minimum absolute atomic E-state index is 0.147. The molecule has 0 aromatic heterocycles. The van der Waals surface area contributed by atoms with Crippen molar-refractivity contribution in [3.8, 4) is 5.75 Å². The van der Waals surface area contributed by atoms with Gasteiger partial charge in [0.1, 0.15) is 5.75 Å². The molecular weight excluding hydrogens is 343 g/mol. The Balaban J connectivity index is 3.33. The summed E-state index contributed by atoms with van der Waals surface area (Å²) in [5.74, 6) is -11.9. The highest BCUT2D eigenvalue weighted by atomic mass is 35.5. The Morgan fingerprint density at radius 2 is 1.64 bits per heavy atom. The monoisotopic (exact) mass is 351 g/mol. The molecule has 0 spiro atoms. The molecule has 124 valence electrons. The highest BCUT2D eigenvalue weighted by Crippen LogP contribution is 2.48. The van der Waals surface area contributed by atoms with Gasteiger partial charge in [-0.15, -0.1) is 0 Å². The molecule has 0 fully saturated rings. The lowest BCUT2D eigenvalue weighted by molar-refractivity contribution is -0.335. The number of hydrogen-bond acceptors (Lipinski definition) is 2. The molecule has 0 heterocycles. The zero-order valence-electron chi connectivity index (χ0n) is 11.1. The lowest BCUT2D eigenvalue weighted by Gasteiger charge is -2.27. The van der Waals surface area contributed by atoms with Crippen LogP contribution in [0.15, 0.2) is 23.2 Å². The first kappa shape index (κ1) is 18.5. The molecule has 0 unspecified atom stereocenters. The molecule has 10 heteroatoms. The van der Waals surface area contributed by atoms with Crippen LogP contribution < -0.4 is 4.74 Å². The van der Waals surface area contributed by atoms with Crippen molar-refractivity contribution in [2.45, 2.75) is 24.9 Å². The fourth-order valence-corrected chi connectivity index (χ4v) is 1.64. The summed E-state index contributed by atoms with van der Waals surface area (Å²) in [5, 5.41) is -2.17. The molecule has 0 aliphatic rings. The van der Waals surface area contributed by atoms with Gasteiger partial charge in [-0.25, -0.2) is 4.99 Å². The Morgan fingerprint density at radius 1 is 1.09 bits per heavy atom. The SMILES string of the molecule is COc1cccc(N=C(Cl)C(F)(F)C(F)(F)C(F)(F)F)c1C. The fourth-order valence-electron chi connectivity index (χ4n) is 1.43. The molecule has 0 N–H and O–H groups in total. The normalized spacial score (nSPS) is 14.2. The number of aliphatic imine (C=N–C) groups is 1. The van der Waals surface area contributed by atoms with Crippen LogP contribution in [0.3, 0.4) is 0 Å². The third-order valence-corrected chi connectivity index (χ3v) is 3.03. The maximum Gasteiger partial charge on any atom is 0.460 e. The first-order valence-electron chi connectivity index (χ1n) is 5.57. The number of methoxy groups -OCH3 is 1. The lowest BCUT2D eigenvalue weighted by Crippen LogP contribution is -2.54. The number of ether oxygens (including phenoxy) is 1. The van der Waals surface area contributed by atoms with E-state index in [4.69, 9.17) is 16.3 Å². The molecule has 0 aliphatic carbocycles. The van der Waals surface area contributed by atoms with Gasteiger partial charge in [0.25, 0.3) is 0 Å². The van der Waals surface area contributed by atoms with E-state index in [1.165, 1.54) is 26.2 Å². The van der Waals surface area contributed by atoms with Crippen molar-refractivity contribution in [1.29, 1.82) is 0 Å². The predicted octanol–water partition coefficient (Wildman–Crippen LogP) is 5.11. The van der Waals surface area contributed by atoms with E-state index < -0.39 is 23.2 Å². The number of nitrogens with zero attached hydrogens (tertiary/aromatic N) is 1. The van der Waals surface area contributed by atoms with Crippen LogP contribution in [0.4, 0.5) is 36.4 Å². The number of hydrogen-bond donors (Lipinski definition) is 0. The van der Waals surface area contributed by atoms with Crippen LogP contribution in [0.5, 0.6) is 5.75 Å². The molecule has 0 atom stereocenters. The molecule has 0 amide bonds. The van der Waals surface area contributed by atoms with E-state index >= 15 is 0 Å². The Hall–Kier alpha value is -1.51. The van der Waals surface area contributed by atoms with Crippen LogP contribution in [0.1, 0.15) is 5.56 Å². The molecule has 0 aliphatic heterocycles. The molecule has 1 aromatic carbocycles. The van der Waals surface area contributed by atoms with Gasteiger partial charge in [0.15, 0.2) is 5.17 Å². The summed E-state index contributed by atoms with van der Waals surface area (Å²) >= 11 is 4.94. The van der Waals surface area contributed by atoms with Gasteiger partial charge in [0.2, 0.25) is 0 Å². The predicted molar refractivity (Wildman–Crippen MR) is 66.6 cm³/mol. The van der Waals surface area contributed by atoms with Crippen molar-refractivity contribution in [2.24, 2.45) is 4.99 Å². The third-order valence-electron chi connectivity index (χ3n) is 2.70. The standard InChI is InChI=1S/C12H9ClF7NO/c1-6-7(4-3-5-8(6)22-2)21-9(13)10(14,15)11(16,17)12(18,19)20/h3-5H,1-2H3. The van der Waals surface area contributed by atoms with Crippen molar-refractivity contribution in [3.63, 3.8) is 0 Å². The first-order chi connectivity index (χ1) is 9.86. The Bertz CT molecular complexity index is 583. The summed E-state index contributed by atoms with van der Waals surface area (Å²) in [4.78, 5) is 2.99. The van der Waals surface area contributed by atoms with Crippen molar-refractivity contribution < 1.29 is 35.5 Å². The maximum absolute atomic E-state index is 13.3. The zero-order chi connectivity index (χ0) is 17.3. The van der Waals surface area contributed by atoms with Gasteiger partial charge in [0.05, 0.1) is 12.8 Å². The van der Waals surface area contributed by atoms with E-state index in [0.717, 1.165) is 6.07 Å². The van der Waals surface area contributed by atoms with Gasteiger partial charge in [-0.1, -0.05) is 17.7 Å². The van der Waals surface area contributed by atoms with Crippen LogP contribution in [0.2, 0.25) is 0 Å². The van der Waals surface area contributed by atoms with Crippen molar-refractivity contribution >= 4 is 22.5 Å². The van der Waals surface area contributed by atoms with Crippen LogP contribution in [0, 0.1) is 6.92 Å². The molecule has 22 heavy (non-hydrogen) atoms. The van der Waals surface area contributed by atoms with Gasteiger partial charge in [0, 0.05) is 5.56 Å². The molecule has 0 bridgehead atoms. The van der Waals surface area contributed by atoms with Crippen LogP contribution in [-0.4, -0.2) is 30.3 Å². The minimum Gasteiger partial charge on any atom is -0.496 e. The Kier molecular flexibility index (Phi) is 5.01. The molecule has 0 saturated heterocycles. The quantitative estimate of drug-likeness (QED) is 0.546. The van der Waals surface area contributed by atoms with Crippen molar-refractivity contribution in [3.05, 3.63) is 23.8 Å². The topological polar surface area (TPSA) is 21.6 Å². The number of rotatable bonds is 4. The maximum atomic E-state index is 13.3. The second kappa shape index (κ2) is 5.94. The highest BCUT2D eigenvalue weighted by Gasteiger charge is 2.75. The molecule has 0 radical (unpaired) electrons. The van der Waals surface area contributed by atoms with Crippen molar-refractivity contribution in [1.82, 2.24) is 0 Å². The first-order valence-corrected chi connectivity index (χ1v) is 5.94. The summed E-state index contributed by atoms with van der Waals surface area (Å²) < 4.78 is 93.4. The smallest absolute Gasteiger partial charge is 0.460 e. The minimum atomic E-state index is -6.48. The average molecular weight is 352 g/mol. The summed E-state index contributed by atoms with van der Waals surface area (Å²) in [6.07, 6.45) is -6.48. The van der Waals surface area contributed by atoms with E-state index in [9.17, 15) is 30.7 Å². The van der Waals surface area contributed by atoms with Gasteiger partial charge in [-0.05, 0) is 19.1 Å². The van der Waals surface area contributed by atoms with Gasteiger partial charge < -0.3 is 4.74 Å². The fraction of sp³-hybridized carbons (Fsp3) is 0.417. The summed E-state index contributed by atoms with van der Waals surface area (Å²) in [6.45, 7) is 1.35. The van der Waals surface area contributed by atoms with Gasteiger partial charge in [-0.2, -0.15) is 30.7 Å². The zero-order valence-corrected chi connectivity index (χ0v) is 11.9. The van der Waals surface area contributed by atoms with Gasteiger partial charge in [-0.3, -0.25) is 0 Å². The average Bonchev–Trinajstić information content (AvgIpc) is 2.39. The largest absolute Gasteiger partial charge is 0.496 e. The molecule has 2 nitrogen and oxygen atoms in total. The summed E-state index contributed by atoms with van der Waals surface area (Å²) in [5.41, 5.74) is -0.170. The lowest BCUT2D eigenvalue weighted by atomic mass is 10.1. The Labute approximate surface area is 125 Å². The highest BCUT2D eigenvalue weighted by molar-refractivity contribution is 6.67. The van der Waals surface area contributed by atoms with Crippen molar-refractivity contribution in [2.75, 3.05) is 7.11 Å². The van der Waals surface area contributed by atoms with E-state index in [2.05, 4.69) is 4.99 Å². The van der Waals surface area contributed by atoms with E-state index in [1.807, 2.05) is 0 Å². The molecule has 0 saturated carbocycles. The number of halogens is 8. The second-order valence-electron chi connectivity index (χ2n) is 4.15. The molecule has 1 aromatic rings. The van der Waals surface area contributed by atoms with E-state index in [0.29, 0.717) is 0 Å². The third kappa shape index (κ3) is 3.13. The van der Waals surface area contributed by atoms with Crippen LogP contribution >= 0.6 is 11.6 Å². The summed E-state index contributed by atoms with van der Waals surface area (Å²) in [7, 11) is 1.25. The summed E-state index contributed by atoms with van der Waals surface area (Å²) in [6, 6.07) is 3.82. The number of alkyl halides is 7. The number of benzene rings is 1. The Morgan fingerprint density at radius 3 is 2.09 bits per heavy atom. The van der Waals surface area contributed by atoms with E-state index in [-0.39, 0.29) is 17.0 Å². The van der Waals surface area contributed by atoms with Gasteiger partial charge >= 0.3 is 18.0 Å². The molecular formula is C12H9ClF7NO. The molecule has 1 rings (SSSR count).